The lowest BCUT2D eigenvalue weighted by Gasteiger charge is -2.15. The van der Waals surface area contributed by atoms with Crippen molar-refractivity contribution in [2.24, 2.45) is 0 Å². The van der Waals surface area contributed by atoms with Gasteiger partial charge in [-0.15, -0.1) is 16.8 Å². The molecule has 0 saturated carbocycles. The van der Waals surface area contributed by atoms with E-state index in [0.29, 0.717) is 40.3 Å². The fraction of sp³-hybridized carbons (Fsp3) is 0.227. The summed E-state index contributed by atoms with van der Waals surface area (Å²) >= 11 is 1.14. The van der Waals surface area contributed by atoms with Gasteiger partial charge in [-0.25, -0.2) is 4.39 Å². The van der Waals surface area contributed by atoms with Crippen molar-refractivity contribution in [3.63, 3.8) is 0 Å². The first-order chi connectivity index (χ1) is 15.5. The van der Waals surface area contributed by atoms with Crippen LogP contribution in [0.3, 0.4) is 0 Å². The number of benzene rings is 2. The number of carbonyl (C=O) groups is 1. The standard InChI is InChI=1S/C22H23FN4O4S/c1-5-10-24-19(28)13-32-22-26-25-21(27(22)16-9-7-6-8-15(16)23)14-11-17(29-2)20(31-4)18(12-14)30-3/h5-9,11-12H,1,10,13H2,2-4H3,(H,24,28). The lowest BCUT2D eigenvalue weighted by Crippen LogP contribution is -2.25. The van der Waals surface area contributed by atoms with E-state index in [0.717, 1.165) is 11.8 Å². The van der Waals surface area contributed by atoms with Gasteiger partial charge in [0.2, 0.25) is 11.7 Å². The number of methoxy groups -OCH3 is 3. The highest BCUT2D eigenvalue weighted by molar-refractivity contribution is 7.99. The first-order valence-corrected chi connectivity index (χ1v) is 10.5. The van der Waals surface area contributed by atoms with Crippen LogP contribution in [0.15, 0.2) is 54.2 Å². The fourth-order valence-corrected chi connectivity index (χ4v) is 3.75. The van der Waals surface area contributed by atoms with Crippen LogP contribution >= 0.6 is 11.8 Å². The topological polar surface area (TPSA) is 87.5 Å². The molecule has 0 saturated heterocycles. The maximum Gasteiger partial charge on any atom is 0.230 e. The third-order valence-corrected chi connectivity index (χ3v) is 5.35. The minimum Gasteiger partial charge on any atom is -0.493 e. The molecule has 0 atom stereocenters. The van der Waals surface area contributed by atoms with Crippen LogP contribution in [-0.2, 0) is 4.79 Å². The molecule has 0 aliphatic heterocycles. The number of nitrogens with one attached hydrogen (secondary N) is 1. The smallest absolute Gasteiger partial charge is 0.230 e. The van der Waals surface area contributed by atoms with Crippen LogP contribution in [-0.4, -0.2) is 54.3 Å². The molecule has 10 heteroatoms. The van der Waals surface area contributed by atoms with Crippen molar-refractivity contribution in [2.45, 2.75) is 5.16 Å². The Kier molecular flexibility index (Phi) is 7.72. The fourth-order valence-electron chi connectivity index (χ4n) is 2.98. The number of para-hydroxylation sites is 1. The molecule has 0 aliphatic rings. The van der Waals surface area contributed by atoms with Crippen LogP contribution < -0.4 is 19.5 Å². The molecule has 1 amide bonds. The molecular weight excluding hydrogens is 435 g/mol. The average Bonchev–Trinajstić information content (AvgIpc) is 3.24. The second kappa shape index (κ2) is 10.7. The molecular formula is C22H23FN4O4S. The lowest BCUT2D eigenvalue weighted by atomic mass is 10.1. The van der Waals surface area contributed by atoms with E-state index in [-0.39, 0.29) is 17.3 Å². The normalized spacial score (nSPS) is 10.5. The Morgan fingerprint density at radius 2 is 1.84 bits per heavy atom. The van der Waals surface area contributed by atoms with Crippen LogP contribution in [0, 0.1) is 5.82 Å². The highest BCUT2D eigenvalue weighted by atomic mass is 32.2. The Hall–Kier alpha value is -3.53. The summed E-state index contributed by atoms with van der Waals surface area (Å²) in [6.45, 7) is 3.93. The molecule has 0 fully saturated rings. The number of carbonyl (C=O) groups excluding carboxylic acids is 1. The largest absolute Gasteiger partial charge is 0.493 e. The van der Waals surface area contributed by atoms with Gasteiger partial charge in [0.15, 0.2) is 22.5 Å². The molecule has 3 rings (SSSR count). The summed E-state index contributed by atoms with van der Waals surface area (Å²) in [6.07, 6.45) is 1.59. The van der Waals surface area contributed by atoms with Gasteiger partial charge in [0.1, 0.15) is 5.82 Å². The Bertz CT molecular complexity index is 1090. The molecule has 0 aliphatic carbocycles. The van der Waals surface area contributed by atoms with Crippen molar-refractivity contribution in [1.82, 2.24) is 20.1 Å². The van der Waals surface area contributed by atoms with E-state index < -0.39 is 5.82 Å². The van der Waals surface area contributed by atoms with Gasteiger partial charge in [0.05, 0.1) is 32.8 Å². The van der Waals surface area contributed by atoms with Gasteiger partial charge in [-0.2, -0.15) is 0 Å². The number of amides is 1. The van der Waals surface area contributed by atoms with Gasteiger partial charge in [-0.1, -0.05) is 30.0 Å². The number of rotatable bonds is 10. The minimum atomic E-state index is -0.459. The summed E-state index contributed by atoms with van der Waals surface area (Å²) in [5, 5.41) is 11.5. The molecule has 168 valence electrons. The monoisotopic (exact) mass is 458 g/mol. The molecule has 0 spiro atoms. The summed E-state index contributed by atoms with van der Waals surface area (Å²) < 4.78 is 32.6. The van der Waals surface area contributed by atoms with Gasteiger partial charge >= 0.3 is 0 Å². The summed E-state index contributed by atoms with van der Waals surface area (Å²) in [4.78, 5) is 12.0. The van der Waals surface area contributed by atoms with Crippen LogP contribution in [0.25, 0.3) is 17.1 Å². The summed E-state index contributed by atoms with van der Waals surface area (Å²) in [5.74, 6) is 1.03. The number of ether oxygens (including phenoxy) is 3. The van der Waals surface area contributed by atoms with Gasteiger partial charge in [0, 0.05) is 12.1 Å². The quantitative estimate of drug-likeness (QED) is 0.368. The van der Waals surface area contributed by atoms with E-state index >= 15 is 0 Å². The van der Waals surface area contributed by atoms with Crippen molar-refractivity contribution < 1.29 is 23.4 Å². The van der Waals surface area contributed by atoms with Crippen LogP contribution in [0.4, 0.5) is 4.39 Å². The summed E-state index contributed by atoms with van der Waals surface area (Å²) in [5.41, 5.74) is 0.813. The number of thioether (sulfide) groups is 1. The Balaban J connectivity index is 2.11. The lowest BCUT2D eigenvalue weighted by molar-refractivity contribution is -0.118. The second-order valence-corrected chi connectivity index (χ2v) is 7.33. The first kappa shape index (κ1) is 23.1. The molecule has 3 aromatic rings. The predicted octanol–water partition coefficient (Wildman–Crippen LogP) is 3.49. The number of nitrogens with zero attached hydrogens (tertiary/aromatic N) is 3. The van der Waals surface area contributed by atoms with E-state index in [9.17, 15) is 9.18 Å². The number of hydrogen-bond acceptors (Lipinski definition) is 7. The Labute approximate surface area is 189 Å². The molecule has 0 radical (unpaired) electrons. The van der Waals surface area contributed by atoms with E-state index in [1.165, 1.54) is 27.4 Å². The first-order valence-electron chi connectivity index (χ1n) is 9.55. The molecule has 0 unspecified atom stereocenters. The minimum absolute atomic E-state index is 0.0790. The summed E-state index contributed by atoms with van der Waals surface area (Å²) in [6, 6.07) is 9.67. The molecule has 1 heterocycles. The maximum atomic E-state index is 14.8. The number of halogens is 1. The highest BCUT2D eigenvalue weighted by Crippen LogP contribution is 2.41. The van der Waals surface area contributed by atoms with Crippen molar-refractivity contribution in [3.8, 4) is 34.3 Å². The number of aromatic nitrogens is 3. The van der Waals surface area contributed by atoms with Crippen LogP contribution in [0.2, 0.25) is 0 Å². The Morgan fingerprint density at radius 1 is 1.16 bits per heavy atom. The zero-order valence-corrected chi connectivity index (χ0v) is 18.7. The van der Waals surface area contributed by atoms with Crippen molar-refractivity contribution in [3.05, 3.63) is 54.9 Å². The molecule has 0 bridgehead atoms. The van der Waals surface area contributed by atoms with Gasteiger partial charge in [0.25, 0.3) is 0 Å². The van der Waals surface area contributed by atoms with Crippen molar-refractivity contribution in [2.75, 3.05) is 33.6 Å². The zero-order valence-electron chi connectivity index (χ0n) is 17.9. The summed E-state index contributed by atoms with van der Waals surface area (Å²) in [7, 11) is 4.52. The predicted molar refractivity (Wildman–Crippen MR) is 120 cm³/mol. The second-order valence-electron chi connectivity index (χ2n) is 6.39. The van der Waals surface area contributed by atoms with Gasteiger partial charge < -0.3 is 19.5 Å². The van der Waals surface area contributed by atoms with Crippen LogP contribution in [0.5, 0.6) is 17.2 Å². The zero-order chi connectivity index (χ0) is 23.1. The van der Waals surface area contributed by atoms with E-state index in [1.54, 1.807) is 41.0 Å². The third-order valence-electron chi connectivity index (χ3n) is 4.43. The van der Waals surface area contributed by atoms with E-state index in [1.807, 2.05) is 0 Å². The molecule has 1 N–H and O–H groups in total. The molecule has 8 nitrogen and oxygen atoms in total. The SMILES string of the molecule is C=CCNC(=O)CSc1nnc(-c2cc(OC)c(OC)c(OC)c2)n1-c1ccccc1F. The molecule has 32 heavy (non-hydrogen) atoms. The van der Waals surface area contributed by atoms with E-state index in [4.69, 9.17) is 14.2 Å². The third kappa shape index (κ3) is 4.86. The highest BCUT2D eigenvalue weighted by Gasteiger charge is 2.22. The van der Waals surface area contributed by atoms with Gasteiger partial charge in [-0.05, 0) is 24.3 Å². The van der Waals surface area contributed by atoms with Crippen LogP contribution in [0.1, 0.15) is 0 Å². The van der Waals surface area contributed by atoms with E-state index in [2.05, 4.69) is 22.1 Å². The molecule has 2 aromatic carbocycles. The number of hydrogen-bond donors (Lipinski definition) is 1. The van der Waals surface area contributed by atoms with Gasteiger partial charge in [-0.3, -0.25) is 9.36 Å². The van der Waals surface area contributed by atoms with Crippen molar-refractivity contribution >= 4 is 17.7 Å². The maximum absolute atomic E-state index is 14.8. The van der Waals surface area contributed by atoms with Crippen molar-refractivity contribution in [1.29, 1.82) is 0 Å². The molecule has 1 aromatic heterocycles. The average molecular weight is 459 g/mol. The Morgan fingerprint density at radius 3 is 2.44 bits per heavy atom.